The SMILES string of the molecule is CC1(CC(N)C(N)=O)CCCC1. The maximum atomic E-state index is 10.7. The number of hydrogen-bond acceptors (Lipinski definition) is 2. The fourth-order valence-corrected chi connectivity index (χ4v) is 2.06. The zero-order valence-corrected chi connectivity index (χ0v) is 7.68. The molecule has 0 bridgehead atoms. The minimum absolute atomic E-state index is 0.272. The van der Waals surface area contributed by atoms with Gasteiger partial charge in [-0.1, -0.05) is 19.8 Å². The fraction of sp³-hybridized carbons (Fsp3) is 0.889. The second-order valence-electron chi connectivity index (χ2n) is 4.23. The molecule has 0 aromatic heterocycles. The largest absolute Gasteiger partial charge is 0.368 e. The third-order valence-corrected chi connectivity index (χ3v) is 2.89. The highest BCUT2D eigenvalue weighted by atomic mass is 16.1. The van der Waals surface area contributed by atoms with Gasteiger partial charge in [0.2, 0.25) is 5.91 Å². The summed E-state index contributed by atoms with van der Waals surface area (Å²) < 4.78 is 0. The van der Waals surface area contributed by atoms with E-state index in [0.717, 1.165) is 6.42 Å². The van der Waals surface area contributed by atoms with Crippen molar-refractivity contribution in [2.24, 2.45) is 16.9 Å². The van der Waals surface area contributed by atoms with Crippen LogP contribution >= 0.6 is 0 Å². The first-order chi connectivity index (χ1) is 5.53. The predicted octanol–water partition coefficient (Wildman–Crippen LogP) is 0.769. The molecule has 3 heteroatoms. The number of nitrogens with two attached hydrogens (primary N) is 2. The summed E-state index contributed by atoms with van der Waals surface area (Å²) in [6.07, 6.45) is 5.66. The summed E-state index contributed by atoms with van der Waals surface area (Å²) in [7, 11) is 0. The van der Waals surface area contributed by atoms with Gasteiger partial charge in [0.15, 0.2) is 0 Å². The van der Waals surface area contributed by atoms with Crippen LogP contribution in [0.3, 0.4) is 0 Å². The minimum atomic E-state index is -0.451. The van der Waals surface area contributed by atoms with Crippen LogP contribution in [0.4, 0.5) is 0 Å². The lowest BCUT2D eigenvalue weighted by Gasteiger charge is -2.25. The van der Waals surface area contributed by atoms with E-state index >= 15 is 0 Å². The number of carbonyl (C=O) groups is 1. The lowest BCUT2D eigenvalue weighted by atomic mass is 9.82. The Kier molecular flexibility index (Phi) is 2.73. The normalized spacial score (nSPS) is 23.8. The van der Waals surface area contributed by atoms with Gasteiger partial charge in [0.05, 0.1) is 6.04 Å². The molecule has 1 rings (SSSR count). The topological polar surface area (TPSA) is 69.1 Å². The summed E-state index contributed by atoms with van der Waals surface area (Å²) in [5.41, 5.74) is 11.0. The summed E-state index contributed by atoms with van der Waals surface area (Å²) in [6, 6.07) is -0.451. The molecule has 70 valence electrons. The van der Waals surface area contributed by atoms with E-state index < -0.39 is 6.04 Å². The molecule has 0 saturated heterocycles. The molecule has 0 aromatic carbocycles. The monoisotopic (exact) mass is 170 g/mol. The van der Waals surface area contributed by atoms with Gasteiger partial charge in [-0.25, -0.2) is 0 Å². The predicted molar refractivity (Wildman–Crippen MR) is 48.4 cm³/mol. The van der Waals surface area contributed by atoms with Crippen molar-refractivity contribution in [1.29, 1.82) is 0 Å². The molecule has 1 aliphatic rings. The molecule has 0 heterocycles. The van der Waals surface area contributed by atoms with E-state index in [2.05, 4.69) is 6.92 Å². The van der Waals surface area contributed by atoms with Crippen LogP contribution in [-0.2, 0) is 4.79 Å². The summed E-state index contributed by atoms with van der Waals surface area (Å²) >= 11 is 0. The third kappa shape index (κ3) is 2.21. The van der Waals surface area contributed by atoms with Gasteiger partial charge in [0, 0.05) is 0 Å². The Bertz CT molecular complexity index is 173. The molecule has 0 spiro atoms. The number of carbonyl (C=O) groups excluding carboxylic acids is 1. The Morgan fingerprint density at radius 2 is 2.00 bits per heavy atom. The van der Waals surface area contributed by atoms with Gasteiger partial charge in [-0.3, -0.25) is 4.79 Å². The van der Waals surface area contributed by atoms with E-state index in [0.29, 0.717) is 0 Å². The van der Waals surface area contributed by atoms with Crippen LogP contribution in [0.2, 0.25) is 0 Å². The number of hydrogen-bond donors (Lipinski definition) is 2. The Morgan fingerprint density at radius 1 is 1.50 bits per heavy atom. The number of amides is 1. The molecule has 0 aliphatic heterocycles. The van der Waals surface area contributed by atoms with Crippen molar-refractivity contribution in [2.45, 2.75) is 45.1 Å². The van der Waals surface area contributed by atoms with Gasteiger partial charge in [0.25, 0.3) is 0 Å². The van der Waals surface area contributed by atoms with Crippen LogP contribution < -0.4 is 11.5 Å². The van der Waals surface area contributed by atoms with Gasteiger partial charge in [-0.05, 0) is 24.7 Å². The maximum absolute atomic E-state index is 10.7. The van der Waals surface area contributed by atoms with E-state index in [9.17, 15) is 4.79 Å². The van der Waals surface area contributed by atoms with Crippen LogP contribution in [0.15, 0.2) is 0 Å². The molecule has 1 atom stereocenters. The van der Waals surface area contributed by atoms with Crippen molar-refractivity contribution in [3.8, 4) is 0 Å². The molecular formula is C9H18N2O. The zero-order valence-electron chi connectivity index (χ0n) is 7.68. The maximum Gasteiger partial charge on any atom is 0.234 e. The van der Waals surface area contributed by atoms with Gasteiger partial charge in [0.1, 0.15) is 0 Å². The average molecular weight is 170 g/mol. The Balaban J connectivity index is 2.43. The molecule has 0 radical (unpaired) electrons. The van der Waals surface area contributed by atoms with Crippen LogP contribution in [0.5, 0.6) is 0 Å². The van der Waals surface area contributed by atoms with Gasteiger partial charge in [-0.2, -0.15) is 0 Å². The lowest BCUT2D eigenvalue weighted by molar-refractivity contribution is -0.119. The molecule has 1 aliphatic carbocycles. The summed E-state index contributed by atoms with van der Waals surface area (Å²) in [4.78, 5) is 10.7. The first-order valence-electron chi connectivity index (χ1n) is 4.58. The third-order valence-electron chi connectivity index (χ3n) is 2.89. The number of primary amides is 1. The molecule has 4 N–H and O–H groups in total. The molecule has 1 fully saturated rings. The highest BCUT2D eigenvalue weighted by molar-refractivity contribution is 5.79. The molecule has 0 aromatic rings. The second kappa shape index (κ2) is 3.44. The van der Waals surface area contributed by atoms with Crippen LogP contribution in [0, 0.1) is 5.41 Å². The van der Waals surface area contributed by atoms with E-state index in [-0.39, 0.29) is 11.3 Å². The average Bonchev–Trinajstić information content (AvgIpc) is 2.35. The molecular weight excluding hydrogens is 152 g/mol. The van der Waals surface area contributed by atoms with Crippen molar-refractivity contribution >= 4 is 5.91 Å². The molecule has 1 unspecified atom stereocenters. The van der Waals surface area contributed by atoms with Crippen molar-refractivity contribution in [3.63, 3.8) is 0 Å². The molecule has 12 heavy (non-hydrogen) atoms. The van der Waals surface area contributed by atoms with E-state index in [1.165, 1.54) is 25.7 Å². The summed E-state index contributed by atoms with van der Waals surface area (Å²) in [5, 5.41) is 0. The van der Waals surface area contributed by atoms with Gasteiger partial charge >= 0.3 is 0 Å². The quantitative estimate of drug-likeness (QED) is 0.656. The van der Waals surface area contributed by atoms with Crippen molar-refractivity contribution in [2.75, 3.05) is 0 Å². The van der Waals surface area contributed by atoms with E-state index in [1.807, 2.05) is 0 Å². The first-order valence-corrected chi connectivity index (χ1v) is 4.58. The minimum Gasteiger partial charge on any atom is -0.368 e. The Hall–Kier alpha value is -0.570. The van der Waals surface area contributed by atoms with Crippen LogP contribution in [0.25, 0.3) is 0 Å². The Morgan fingerprint density at radius 3 is 2.42 bits per heavy atom. The molecule has 3 nitrogen and oxygen atoms in total. The number of rotatable bonds is 3. The lowest BCUT2D eigenvalue weighted by Crippen LogP contribution is -2.39. The van der Waals surface area contributed by atoms with Crippen molar-refractivity contribution in [1.82, 2.24) is 0 Å². The highest BCUT2D eigenvalue weighted by Crippen LogP contribution is 2.40. The smallest absolute Gasteiger partial charge is 0.234 e. The highest BCUT2D eigenvalue weighted by Gasteiger charge is 2.31. The summed E-state index contributed by atoms with van der Waals surface area (Å²) in [5.74, 6) is -0.372. The fourth-order valence-electron chi connectivity index (χ4n) is 2.06. The summed E-state index contributed by atoms with van der Waals surface area (Å²) in [6.45, 7) is 2.20. The standard InChI is InChI=1S/C9H18N2O/c1-9(4-2-3-5-9)6-7(10)8(11)12/h7H,2-6,10H2,1H3,(H2,11,12). The molecule has 1 amide bonds. The van der Waals surface area contributed by atoms with Gasteiger partial charge < -0.3 is 11.5 Å². The first kappa shape index (κ1) is 9.52. The Labute approximate surface area is 73.5 Å². The van der Waals surface area contributed by atoms with Crippen LogP contribution in [-0.4, -0.2) is 11.9 Å². The van der Waals surface area contributed by atoms with Crippen molar-refractivity contribution in [3.05, 3.63) is 0 Å². The molecule has 1 saturated carbocycles. The van der Waals surface area contributed by atoms with Crippen molar-refractivity contribution < 1.29 is 4.79 Å². The van der Waals surface area contributed by atoms with E-state index in [1.54, 1.807) is 0 Å². The zero-order chi connectivity index (χ0) is 9.19. The second-order valence-corrected chi connectivity index (χ2v) is 4.23. The van der Waals surface area contributed by atoms with Gasteiger partial charge in [-0.15, -0.1) is 0 Å². The van der Waals surface area contributed by atoms with E-state index in [4.69, 9.17) is 11.5 Å². The van der Waals surface area contributed by atoms with Crippen LogP contribution in [0.1, 0.15) is 39.0 Å².